The number of benzene rings is 1. The molecule has 0 aliphatic carbocycles. The minimum Gasteiger partial charge on any atom is -0.383 e. The van der Waals surface area contributed by atoms with E-state index in [9.17, 15) is 14.4 Å². The molecule has 1 aromatic rings. The molecule has 0 spiro atoms. The second-order valence-electron chi connectivity index (χ2n) is 6.67. The third-order valence-electron chi connectivity index (χ3n) is 4.69. The first-order valence-electron chi connectivity index (χ1n) is 9.49. The highest BCUT2D eigenvalue weighted by Gasteiger charge is 2.22. The summed E-state index contributed by atoms with van der Waals surface area (Å²) in [6, 6.07) is 9.07. The van der Waals surface area contributed by atoms with Gasteiger partial charge in [0.1, 0.15) is 0 Å². The molecular formula is C20H29N3O4. The molecule has 0 bridgehead atoms. The summed E-state index contributed by atoms with van der Waals surface area (Å²) in [4.78, 5) is 38.9. The van der Waals surface area contributed by atoms with E-state index in [2.05, 4.69) is 10.6 Å². The zero-order valence-electron chi connectivity index (χ0n) is 15.9. The monoisotopic (exact) mass is 375 g/mol. The number of carbonyl (C=O) groups is 3. The predicted octanol–water partition coefficient (Wildman–Crippen LogP) is 1.20. The van der Waals surface area contributed by atoms with Crippen molar-refractivity contribution in [3.05, 3.63) is 35.9 Å². The van der Waals surface area contributed by atoms with E-state index in [-0.39, 0.29) is 30.1 Å². The lowest BCUT2D eigenvalue weighted by Crippen LogP contribution is -2.35. The van der Waals surface area contributed by atoms with Crippen molar-refractivity contribution in [1.82, 2.24) is 15.5 Å². The largest absolute Gasteiger partial charge is 0.383 e. The first kappa shape index (κ1) is 20.9. The molecule has 27 heavy (non-hydrogen) atoms. The number of rotatable bonds is 5. The van der Waals surface area contributed by atoms with Crippen LogP contribution in [0.4, 0.5) is 0 Å². The van der Waals surface area contributed by atoms with E-state index in [0.717, 1.165) is 6.42 Å². The van der Waals surface area contributed by atoms with E-state index in [0.29, 0.717) is 51.2 Å². The Labute approximate surface area is 160 Å². The van der Waals surface area contributed by atoms with Crippen LogP contribution in [0.2, 0.25) is 0 Å². The first-order valence-corrected chi connectivity index (χ1v) is 9.49. The standard InChI is InChI=1S/C20H29N3O4/c1-27-15-12-22-19(25)16-8-5-13-23(14-10-18(24)21-11-9-16)20(26)17-6-3-2-4-7-17/h2-4,6-7,16H,5,8-15H2,1H3,(H,21,24)(H,22,25). The molecule has 1 atom stereocenters. The number of ether oxygens (including phenoxy) is 1. The van der Waals surface area contributed by atoms with Gasteiger partial charge in [-0.2, -0.15) is 0 Å². The highest BCUT2D eigenvalue weighted by Crippen LogP contribution is 2.15. The van der Waals surface area contributed by atoms with E-state index in [1.807, 2.05) is 18.2 Å². The van der Waals surface area contributed by atoms with Crippen LogP contribution in [0.25, 0.3) is 0 Å². The SMILES string of the molecule is COCCNC(=O)C1CCCN(C(=O)c2ccccc2)CCC(=O)NCC1. The van der Waals surface area contributed by atoms with Crippen molar-refractivity contribution in [2.45, 2.75) is 25.7 Å². The normalized spacial score (nSPS) is 18.9. The Bertz CT molecular complexity index is 621. The minimum absolute atomic E-state index is 0.0264. The van der Waals surface area contributed by atoms with Crippen molar-refractivity contribution in [3.8, 4) is 0 Å². The van der Waals surface area contributed by atoms with Gasteiger partial charge in [0, 0.05) is 51.2 Å². The Morgan fingerprint density at radius 2 is 2.00 bits per heavy atom. The van der Waals surface area contributed by atoms with Gasteiger partial charge in [-0.1, -0.05) is 18.2 Å². The highest BCUT2D eigenvalue weighted by molar-refractivity contribution is 5.94. The Balaban J connectivity index is 2.00. The summed E-state index contributed by atoms with van der Waals surface area (Å²) in [5.74, 6) is -0.388. The number of amides is 3. The van der Waals surface area contributed by atoms with Crippen LogP contribution >= 0.6 is 0 Å². The van der Waals surface area contributed by atoms with Crippen molar-refractivity contribution in [2.75, 3.05) is 39.9 Å². The molecule has 0 radical (unpaired) electrons. The Hall–Kier alpha value is -2.41. The number of nitrogens with one attached hydrogen (secondary N) is 2. The molecule has 7 heteroatoms. The molecule has 2 rings (SSSR count). The fraction of sp³-hybridized carbons (Fsp3) is 0.550. The summed E-state index contributed by atoms with van der Waals surface area (Å²) < 4.78 is 4.96. The van der Waals surface area contributed by atoms with E-state index in [4.69, 9.17) is 4.74 Å². The van der Waals surface area contributed by atoms with Crippen molar-refractivity contribution in [3.63, 3.8) is 0 Å². The van der Waals surface area contributed by atoms with Crippen molar-refractivity contribution >= 4 is 17.7 Å². The molecule has 1 aromatic carbocycles. The highest BCUT2D eigenvalue weighted by atomic mass is 16.5. The number of carbonyl (C=O) groups excluding carboxylic acids is 3. The van der Waals surface area contributed by atoms with Gasteiger partial charge in [-0.3, -0.25) is 14.4 Å². The molecule has 1 aliphatic rings. The molecule has 1 fully saturated rings. The van der Waals surface area contributed by atoms with Crippen LogP contribution in [0.5, 0.6) is 0 Å². The van der Waals surface area contributed by atoms with Crippen molar-refractivity contribution in [1.29, 1.82) is 0 Å². The second-order valence-corrected chi connectivity index (χ2v) is 6.67. The molecule has 0 aromatic heterocycles. The number of methoxy groups -OCH3 is 1. The van der Waals surface area contributed by atoms with Gasteiger partial charge in [-0.15, -0.1) is 0 Å². The summed E-state index contributed by atoms with van der Waals surface area (Å²) >= 11 is 0. The van der Waals surface area contributed by atoms with Gasteiger partial charge < -0.3 is 20.3 Å². The van der Waals surface area contributed by atoms with Gasteiger partial charge >= 0.3 is 0 Å². The number of hydrogen-bond donors (Lipinski definition) is 2. The zero-order valence-corrected chi connectivity index (χ0v) is 15.9. The Morgan fingerprint density at radius 3 is 2.74 bits per heavy atom. The average Bonchev–Trinajstić information content (AvgIpc) is 2.73. The Morgan fingerprint density at radius 1 is 1.22 bits per heavy atom. The van der Waals surface area contributed by atoms with E-state index >= 15 is 0 Å². The summed E-state index contributed by atoms with van der Waals surface area (Å²) in [5, 5.41) is 5.72. The Kier molecular flexibility index (Phi) is 8.77. The second kappa shape index (κ2) is 11.3. The van der Waals surface area contributed by atoms with Gasteiger partial charge in [0.05, 0.1) is 6.61 Å². The summed E-state index contributed by atoms with van der Waals surface area (Å²) in [7, 11) is 1.59. The van der Waals surface area contributed by atoms with Crippen LogP contribution in [0, 0.1) is 5.92 Å². The lowest BCUT2D eigenvalue weighted by molar-refractivity contribution is -0.126. The van der Waals surface area contributed by atoms with Gasteiger partial charge in [0.25, 0.3) is 5.91 Å². The molecule has 3 amide bonds. The summed E-state index contributed by atoms with van der Waals surface area (Å²) in [6.45, 7) is 2.31. The topological polar surface area (TPSA) is 87.7 Å². The van der Waals surface area contributed by atoms with Crippen molar-refractivity contribution in [2.24, 2.45) is 5.92 Å². The molecule has 2 N–H and O–H groups in total. The van der Waals surface area contributed by atoms with Crippen molar-refractivity contribution < 1.29 is 19.1 Å². The molecule has 1 unspecified atom stereocenters. The van der Waals surface area contributed by atoms with Gasteiger partial charge in [0.15, 0.2) is 0 Å². The summed E-state index contributed by atoms with van der Waals surface area (Å²) in [5.41, 5.74) is 0.613. The van der Waals surface area contributed by atoms with E-state index < -0.39 is 0 Å². The van der Waals surface area contributed by atoms with Gasteiger partial charge in [-0.25, -0.2) is 0 Å². The van der Waals surface area contributed by atoms with Crippen LogP contribution in [0.3, 0.4) is 0 Å². The van der Waals surface area contributed by atoms with Crippen LogP contribution in [0.15, 0.2) is 30.3 Å². The van der Waals surface area contributed by atoms with Gasteiger partial charge in [0.2, 0.25) is 11.8 Å². The van der Waals surface area contributed by atoms with Crippen LogP contribution < -0.4 is 10.6 Å². The molecule has 1 heterocycles. The lowest BCUT2D eigenvalue weighted by Gasteiger charge is -2.23. The van der Waals surface area contributed by atoms with Crippen LogP contribution in [-0.2, 0) is 14.3 Å². The fourth-order valence-corrected chi connectivity index (χ4v) is 3.14. The predicted molar refractivity (Wildman–Crippen MR) is 102 cm³/mol. The maximum atomic E-state index is 12.7. The quantitative estimate of drug-likeness (QED) is 0.757. The maximum absolute atomic E-state index is 12.7. The summed E-state index contributed by atoms with van der Waals surface area (Å²) in [6.07, 6.45) is 2.25. The molecule has 7 nitrogen and oxygen atoms in total. The maximum Gasteiger partial charge on any atom is 0.253 e. The molecule has 148 valence electrons. The number of nitrogens with zero attached hydrogens (tertiary/aromatic N) is 1. The van der Waals surface area contributed by atoms with Crippen LogP contribution in [-0.4, -0.2) is 62.5 Å². The smallest absolute Gasteiger partial charge is 0.253 e. The first-order chi connectivity index (χ1) is 13.1. The molecular weight excluding hydrogens is 346 g/mol. The van der Waals surface area contributed by atoms with Crippen LogP contribution in [0.1, 0.15) is 36.0 Å². The third-order valence-corrected chi connectivity index (χ3v) is 4.69. The van der Waals surface area contributed by atoms with Gasteiger partial charge in [-0.05, 0) is 31.4 Å². The number of hydrogen-bond acceptors (Lipinski definition) is 4. The van der Waals surface area contributed by atoms with E-state index in [1.54, 1.807) is 24.1 Å². The third kappa shape index (κ3) is 7.02. The molecule has 1 saturated heterocycles. The molecule has 1 aliphatic heterocycles. The fourth-order valence-electron chi connectivity index (χ4n) is 3.14. The van der Waals surface area contributed by atoms with E-state index in [1.165, 1.54) is 0 Å². The molecule has 0 saturated carbocycles. The lowest BCUT2D eigenvalue weighted by atomic mass is 9.98. The average molecular weight is 375 g/mol. The zero-order chi connectivity index (χ0) is 19.5. The minimum atomic E-state index is -0.186.